The van der Waals surface area contributed by atoms with Crippen LogP contribution in [0.4, 0.5) is 13.2 Å². The summed E-state index contributed by atoms with van der Waals surface area (Å²) in [6, 6.07) is 3.31. The summed E-state index contributed by atoms with van der Waals surface area (Å²) in [7, 11) is -3.68. The van der Waals surface area contributed by atoms with E-state index in [1.54, 1.807) is 0 Å². The molecule has 7 nitrogen and oxygen atoms in total. The Hall–Kier alpha value is -2.56. The van der Waals surface area contributed by atoms with E-state index in [9.17, 15) is 26.4 Å². The normalized spacial score (nSPS) is 24.1. The lowest BCUT2D eigenvalue weighted by Crippen LogP contribution is -2.35. The lowest BCUT2D eigenvalue weighted by molar-refractivity contribution is -0.189. The first-order chi connectivity index (χ1) is 14.3. The van der Waals surface area contributed by atoms with Gasteiger partial charge in [-0.1, -0.05) is 5.16 Å². The Kier molecular flexibility index (Phi) is 4.87. The fraction of sp³-hybridized carbons (Fsp3) is 0.500. The van der Waals surface area contributed by atoms with Gasteiger partial charge in [-0.15, -0.1) is 0 Å². The number of hydrogen-bond acceptors (Lipinski definition) is 6. The van der Waals surface area contributed by atoms with Gasteiger partial charge in [-0.3, -0.25) is 4.79 Å². The number of sulfone groups is 1. The van der Waals surface area contributed by atoms with Crippen LogP contribution in [0.5, 0.6) is 5.75 Å². The van der Waals surface area contributed by atoms with Gasteiger partial charge in [0, 0.05) is 30.3 Å². The Bertz CT molecular complexity index is 1140. The van der Waals surface area contributed by atoms with Crippen molar-refractivity contribution in [3.05, 3.63) is 41.3 Å². The molecular weight excluding hydrogens is 437 g/mol. The number of ether oxygens (including phenoxy) is 1. The molecule has 11 heteroatoms. The van der Waals surface area contributed by atoms with E-state index in [-0.39, 0.29) is 27.5 Å². The number of aromatic nitrogens is 1. The summed E-state index contributed by atoms with van der Waals surface area (Å²) in [6.45, 7) is 3.40. The third-order valence-electron chi connectivity index (χ3n) is 6.03. The molecule has 1 aliphatic carbocycles. The number of fused-ring (bicyclic) bond motifs is 1. The minimum absolute atomic E-state index is 0.164. The van der Waals surface area contributed by atoms with Crippen LogP contribution in [0.15, 0.2) is 33.9 Å². The lowest BCUT2D eigenvalue weighted by Gasteiger charge is -2.24. The monoisotopic (exact) mass is 458 g/mol. The molecule has 3 unspecified atom stereocenters. The van der Waals surface area contributed by atoms with Gasteiger partial charge in [-0.2, -0.15) is 13.2 Å². The number of nitrogens with zero attached hydrogens (tertiary/aromatic N) is 2. The van der Waals surface area contributed by atoms with Crippen molar-refractivity contribution in [1.82, 2.24) is 10.1 Å². The van der Waals surface area contributed by atoms with E-state index in [0.29, 0.717) is 13.1 Å². The summed E-state index contributed by atoms with van der Waals surface area (Å²) in [5.41, 5.74) is 1.10. The van der Waals surface area contributed by atoms with Gasteiger partial charge >= 0.3 is 6.18 Å². The molecule has 3 atom stereocenters. The number of likely N-dealkylation sites (tertiary alicyclic amines) is 1. The van der Waals surface area contributed by atoms with Gasteiger partial charge in [0.25, 0.3) is 5.91 Å². The number of hydrogen-bond donors (Lipinski definition) is 0. The highest BCUT2D eigenvalue weighted by Crippen LogP contribution is 2.59. The predicted octanol–water partition coefficient (Wildman–Crippen LogP) is 3.13. The average Bonchev–Trinajstić information content (AvgIpc) is 2.98. The van der Waals surface area contributed by atoms with Crippen LogP contribution in [0.3, 0.4) is 0 Å². The number of halogens is 3. The molecule has 2 aromatic rings. The highest BCUT2D eigenvalue weighted by Gasteiger charge is 2.64. The van der Waals surface area contributed by atoms with E-state index < -0.39 is 28.0 Å². The quantitative estimate of drug-likeness (QED) is 0.684. The third kappa shape index (κ3) is 3.79. The Labute approximate surface area is 177 Å². The molecule has 0 bridgehead atoms. The van der Waals surface area contributed by atoms with Crippen molar-refractivity contribution in [2.24, 2.45) is 5.92 Å². The summed E-state index contributed by atoms with van der Waals surface area (Å²) in [6.07, 6.45) is -3.48. The first kappa shape index (κ1) is 21.7. The van der Waals surface area contributed by atoms with Crippen molar-refractivity contribution in [3.8, 4) is 5.75 Å². The van der Waals surface area contributed by atoms with Crippen molar-refractivity contribution < 1.29 is 35.6 Å². The summed E-state index contributed by atoms with van der Waals surface area (Å²) >= 11 is 0. The van der Waals surface area contributed by atoms with E-state index in [2.05, 4.69) is 5.16 Å². The Morgan fingerprint density at radius 3 is 2.68 bits per heavy atom. The molecular formula is C20H21F3N2O5S. The third-order valence-corrected chi connectivity index (χ3v) is 7.14. The fourth-order valence-electron chi connectivity index (χ4n) is 4.21. The van der Waals surface area contributed by atoms with Gasteiger partial charge in [-0.05, 0) is 44.4 Å². The van der Waals surface area contributed by atoms with E-state index >= 15 is 0 Å². The van der Waals surface area contributed by atoms with Crippen LogP contribution < -0.4 is 4.74 Å². The molecule has 1 aromatic carbocycles. The average molecular weight is 458 g/mol. The topological polar surface area (TPSA) is 89.7 Å². The van der Waals surface area contributed by atoms with Crippen LogP contribution in [0.1, 0.15) is 35.0 Å². The van der Waals surface area contributed by atoms with Crippen LogP contribution in [0.2, 0.25) is 0 Å². The standard InChI is InChI=1S/C20H21F3N2O5S/c1-11-9-29-24-17(11)19-7-13(19)8-25(10-19)18(26)15-6-14(31(3,27)28)4-5-16(15)30-12(2)20(21,22)23/h4-6,9,12-13H,7-8,10H2,1-3H3. The molecule has 2 heterocycles. The van der Waals surface area contributed by atoms with Crippen LogP contribution in [-0.2, 0) is 15.3 Å². The van der Waals surface area contributed by atoms with E-state index in [0.717, 1.165) is 49.1 Å². The van der Waals surface area contributed by atoms with Crippen LogP contribution >= 0.6 is 0 Å². The molecule has 1 aromatic heterocycles. The highest BCUT2D eigenvalue weighted by atomic mass is 32.2. The molecule has 4 rings (SSSR count). The lowest BCUT2D eigenvalue weighted by atomic mass is 9.98. The zero-order chi connectivity index (χ0) is 22.8. The fourth-order valence-corrected chi connectivity index (χ4v) is 4.86. The summed E-state index contributed by atoms with van der Waals surface area (Å²) in [5.74, 6) is -0.728. The second-order valence-electron chi connectivity index (χ2n) is 8.32. The number of carbonyl (C=O) groups is 1. The minimum atomic E-state index is -4.64. The van der Waals surface area contributed by atoms with Gasteiger partial charge < -0.3 is 14.2 Å². The second kappa shape index (κ2) is 6.98. The molecule has 1 saturated carbocycles. The predicted molar refractivity (Wildman–Crippen MR) is 103 cm³/mol. The van der Waals surface area contributed by atoms with Gasteiger partial charge in [0.05, 0.1) is 16.2 Å². The number of amides is 1. The molecule has 168 valence electrons. The van der Waals surface area contributed by atoms with Crippen molar-refractivity contribution in [2.45, 2.75) is 42.9 Å². The van der Waals surface area contributed by atoms with E-state index in [4.69, 9.17) is 9.26 Å². The minimum Gasteiger partial charge on any atom is -0.480 e. The molecule has 2 fully saturated rings. The van der Waals surface area contributed by atoms with Crippen LogP contribution in [-0.4, -0.2) is 56.0 Å². The number of rotatable bonds is 5. The largest absolute Gasteiger partial charge is 0.480 e. The van der Waals surface area contributed by atoms with E-state index in [1.165, 1.54) is 11.2 Å². The summed E-state index contributed by atoms with van der Waals surface area (Å²) in [4.78, 5) is 14.6. The molecule has 0 N–H and O–H groups in total. The Morgan fingerprint density at radius 1 is 1.39 bits per heavy atom. The van der Waals surface area contributed by atoms with E-state index in [1.807, 2.05) is 6.92 Å². The smallest absolute Gasteiger partial charge is 0.425 e. The van der Waals surface area contributed by atoms with Crippen molar-refractivity contribution in [1.29, 1.82) is 0 Å². The number of alkyl halides is 3. The van der Waals surface area contributed by atoms with Crippen molar-refractivity contribution in [2.75, 3.05) is 19.3 Å². The summed E-state index contributed by atoms with van der Waals surface area (Å²) < 4.78 is 73.0. The molecule has 1 amide bonds. The first-order valence-corrected chi connectivity index (χ1v) is 11.5. The zero-order valence-electron chi connectivity index (χ0n) is 17.1. The maximum Gasteiger partial charge on any atom is 0.425 e. The van der Waals surface area contributed by atoms with Crippen molar-refractivity contribution >= 4 is 15.7 Å². The molecule has 31 heavy (non-hydrogen) atoms. The number of carbonyl (C=O) groups excluding carboxylic acids is 1. The summed E-state index contributed by atoms with van der Waals surface area (Å²) in [5, 5.41) is 4.07. The molecule has 2 aliphatic rings. The number of piperidine rings is 1. The first-order valence-electron chi connectivity index (χ1n) is 9.61. The number of aryl methyl sites for hydroxylation is 1. The van der Waals surface area contributed by atoms with Gasteiger partial charge in [0.1, 0.15) is 12.0 Å². The van der Waals surface area contributed by atoms with Crippen LogP contribution in [0, 0.1) is 12.8 Å². The van der Waals surface area contributed by atoms with Gasteiger partial charge in [0.15, 0.2) is 15.9 Å². The maximum absolute atomic E-state index is 13.3. The molecule has 1 aliphatic heterocycles. The maximum atomic E-state index is 13.3. The van der Waals surface area contributed by atoms with Gasteiger partial charge in [-0.25, -0.2) is 8.42 Å². The Balaban J connectivity index is 1.66. The zero-order valence-corrected chi connectivity index (χ0v) is 17.9. The van der Waals surface area contributed by atoms with Crippen molar-refractivity contribution in [3.63, 3.8) is 0 Å². The molecule has 1 saturated heterocycles. The van der Waals surface area contributed by atoms with Crippen LogP contribution in [0.25, 0.3) is 0 Å². The SMILES string of the molecule is Cc1conc1C12CC1CN(C(=O)c1cc(S(C)(=O)=O)ccc1OC(C)C(F)(F)F)C2. The second-order valence-corrected chi connectivity index (χ2v) is 10.3. The molecule has 0 radical (unpaired) electrons. The Morgan fingerprint density at radius 2 is 2.10 bits per heavy atom. The molecule has 0 spiro atoms. The highest BCUT2D eigenvalue weighted by molar-refractivity contribution is 7.90. The number of benzene rings is 1. The van der Waals surface area contributed by atoms with Gasteiger partial charge in [0.2, 0.25) is 0 Å².